The zero-order valence-corrected chi connectivity index (χ0v) is 8.03. The van der Waals surface area contributed by atoms with Crippen LogP contribution in [0.4, 0.5) is 5.69 Å². The van der Waals surface area contributed by atoms with E-state index in [4.69, 9.17) is 5.73 Å². The topological polar surface area (TPSA) is 55.1 Å². The van der Waals surface area contributed by atoms with Gasteiger partial charge in [0.2, 0.25) is 5.91 Å². The van der Waals surface area contributed by atoms with Gasteiger partial charge in [0.1, 0.15) is 6.04 Å². The molecule has 0 fully saturated rings. The summed E-state index contributed by atoms with van der Waals surface area (Å²) < 4.78 is 0. The number of benzene rings is 2. The summed E-state index contributed by atoms with van der Waals surface area (Å²) in [6, 6.07) is 11.3. The van der Waals surface area contributed by atoms with Crippen LogP contribution in [-0.2, 0) is 4.79 Å². The van der Waals surface area contributed by atoms with Gasteiger partial charge in [0.25, 0.3) is 0 Å². The van der Waals surface area contributed by atoms with Gasteiger partial charge in [-0.05, 0) is 5.39 Å². The molecule has 3 rings (SSSR count). The minimum absolute atomic E-state index is 0.124. The molecule has 1 unspecified atom stereocenters. The summed E-state index contributed by atoms with van der Waals surface area (Å²) in [5.74, 6) is -0.124. The molecule has 2 aromatic rings. The largest absolute Gasteiger partial charge is 0.324 e. The summed E-state index contributed by atoms with van der Waals surface area (Å²) in [4.78, 5) is 11.4. The second-order valence-electron chi connectivity index (χ2n) is 3.72. The molecule has 15 heavy (non-hydrogen) atoms. The van der Waals surface area contributed by atoms with E-state index in [0.29, 0.717) is 0 Å². The molecule has 0 radical (unpaired) electrons. The van der Waals surface area contributed by atoms with Crippen LogP contribution in [0.5, 0.6) is 0 Å². The lowest BCUT2D eigenvalue weighted by Crippen LogP contribution is -2.19. The molecule has 0 spiro atoms. The maximum absolute atomic E-state index is 11.4. The predicted octanol–water partition coefficient (Wildman–Crippen LogP) is 1.79. The van der Waals surface area contributed by atoms with Gasteiger partial charge < -0.3 is 11.1 Å². The zero-order valence-electron chi connectivity index (χ0n) is 8.03. The molecule has 0 aliphatic carbocycles. The summed E-state index contributed by atoms with van der Waals surface area (Å²) in [5.41, 5.74) is 7.52. The molecule has 0 aromatic heterocycles. The van der Waals surface area contributed by atoms with Crippen molar-refractivity contribution in [1.82, 2.24) is 0 Å². The number of nitrogens with two attached hydrogens (primary N) is 1. The highest BCUT2D eigenvalue weighted by Gasteiger charge is 2.27. The molecule has 1 atom stereocenters. The summed E-state index contributed by atoms with van der Waals surface area (Å²) >= 11 is 0. The van der Waals surface area contributed by atoms with Crippen LogP contribution in [-0.4, -0.2) is 5.91 Å². The highest BCUT2D eigenvalue weighted by atomic mass is 16.2. The predicted molar refractivity (Wildman–Crippen MR) is 59.5 cm³/mol. The molecule has 3 heteroatoms. The number of amides is 1. The third kappa shape index (κ3) is 1.07. The van der Waals surface area contributed by atoms with E-state index in [1.807, 2.05) is 36.4 Å². The minimum Gasteiger partial charge on any atom is -0.324 e. The maximum Gasteiger partial charge on any atom is 0.245 e. The second-order valence-corrected chi connectivity index (χ2v) is 3.72. The fourth-order valence-corrected chi connectivity index (χ4v) is 2.03. The first-order chi connectivity index (χ1) is 7.27. The van der Waals surface area contributed by atoms with Crippen LogP contribution >= 0.6 is 0 Å². The van der Waals surface area contributed by atoms with Crippen LogP contribution in [0.3, 0.4) is 0 Å². The van der Waals surface area contributed by atoms with Crippen LogP contribution in [0.1, 0.15) is 11.6 Å². The van der Waals surface area contributed by atoms with Gasteiger partial charge in [-0.1, -0.05) is 36.4 Å². The smallest absolute Gasteiger partial charge is 0.245 e. The van der Waals surface area contributed by atoms with Gasteiger partial charge in [0.05, 0.1) is 5.69 Å². The van der Waals surface area contributed by atoms with Gasteiger partial charge in [0.15, 0.2) is 0 Å². The lowest BCUT2D eigenvalue weighted by Gasteiger charge is -2.04. The van der Waals surface area contributed by atoms with Crippen molar-refractivity contribution in [2.24, 2.45) is 5.73 Å². The highest BCUT2D eigenvalue weighted by molar-refractivity contribution is 6.11. The number of anilines is 1. The number of fused-ring (bicyclic) bond motifs is 3. The third-order valence-corrected chi connectivity index (χ3v) is 2.83. The van der Waals surface area contributed by atoms with Crippen molar-refractivity contribution < 1.29 is 4.79 Å². The minimum atomic E-state index is -0.524. The Labute approximate surface area is 86.9 Å². The van der Waals surface area contributed by atoms with Gasteiger partial charge in [-0.3, -0.25) is 4.79 Å². The van der Waals surface area contributed by atoms with Gasteiger partial charge >= 0.3 is 0 Å². The van der Waals surface area contributed by atoms with E-state index in [9.17, 15) is 4.79 Å². The molecular weight excluding hydrogens is 188 g/mol. The Morgan fingerprint density at radius 2 is 1.93 bits per heavy atom. The number of hydrogen-bond donors (Lipinski definition) is 2. The molecule has 1 heterocycles. The normalized spacial score (nSPS) is 19.0. The molecule has 1 amide bonds. The van der Waals surface area contributed by atoms with Crippen molar-refractivity contribution in [3.63, 3.8) is 0 Å². The van der Waals surface area contributed by atoms with Crippen molar-refractivity contribution in [2.75, 3.05) is 5.32 Å². The number of hydrogen-bond acceptors (Lipinski definition) is 2. The SMILES string of the molecule is NC1C(=O)Nc2c1ccc1ccccc21. The van der Waals surface area contributed by atoms with Crippen LogP contribution in [0.2, 0.25) is 0 Å². The van der Waals surface area contributed by atoms with Gasteiger partial charge in [-0.25, -0.2) is 0 Å². The van der Waals surface area contributed by atoms with E-state index >= 15 is 0 Å². The van der Waals surface area contributed by atoms with Gasteiger partial charge in [0, 0.05) is 10.9 Å². The monoisotopic (exact) mass is 198 g/mol. The molecule has 1 aliphatic heterocycles. The molecule has 0 saturated carbocycles. The molecule has 3 N–H and O–H groups in total. The Kier molecular flexibility index (Phi) is 1.58. The van der Waals surface area contributed by atoms with Crippen LogP contribution in [0.15, 0.2) is 36.4 Å². The van der Waals surface area contributed by atoms with E-state index in [1.165, 1.54) is 0 Å². The number of carbonyl (C=O) groups is 1. The van der Waals surface area contributed by atoms with E-state index in [-0.39, 0.29) is 5.91 Å². The lowest BCUT2D eigenvalue weighted by atomic mass is 10.0. The lowest BCUT2D eigenvalue weighted by molar-refractivity contribution is -0.116. The first-order valence-corrected chi connectivity index (χ1v) is 4.85. The first kappa shape index (κ1) is 8.44. The summed E-state index contributed by atoms with van der Waals surface area (Å²) in [5, 5.41) is 4.99. The molecule has 3 nitrogen and oxygen atoms in total. The zero-order chi connectivity index (χ0) is 10.4. The van der Waals surface area contributed by atoms with Crippen molar-refractivity contribution in [3.8, 4) is 0 Å². The van der Waals surface area contributed by atoms with E-state index in [0.717, 1.165) is 22.0 Å². The van der Waals surface area contributed by atoms with E-state index < -0.39 is 6.04 Å². The quantitative estimate of drug-likeness (QED) is 0.678. The Balaban J connectivity index is 2.38. The van der Waals surface area contributed by atoms with Crippen molar-refractivity contribution >= 4 is 22.4 Å². The molecule has 74 valence electrons. The maximum atomic E-state index is 11.4. The van der Waals surface area contributed by atoms with Crippen molar-refractivity contribution in [2.45, 2.75) is 6.04 Å². The second kappa shape index (κ2) is 2.81. The number of rotatable bonds is 0. The highest BCUT2D eigenvalue weighted by Crippen LogP contribution is 2.35. The molecular formula is C12H10N2O. The molecule has 0 saturated heterocycles. The molecule has 0 bridgehead atoms. The Morgan fingerprint density at radius 1 is 1.13 bits per heavy atom. The number of carbonyl (C=O) groups excluding carboxylic acids is 1. The first-order valence-electron chi connectivity index (χ1n) is 4.85. The fraction of sp³-hybridized carbons (Fsp3) is 0.0833. The van der Waals surface area contributed by atoms with E-state index in [1.54, 1.807) is 0 Å². The Morgan fingerprint density at radius 3 is 2.80 bits per heavy atom. The van der Waals surface area contributed by atoms with Gasteiger partial charge in [-0.2, -0.15) is 0 Å². The van der Waals surface area contributed by atoms with Crippen molar-refractivity contribution in [3.05, 3.63) is 42.0 Å². The summed E-state index contributed by atoms with van der Waals surface area (Å²) in [7, 11) is 0. The molecule has 2 aromatic carbocycles. The Bertz CT molecular complexity index is 563. The summed E-state index contributed by atoms with van der Waals surface area (Å²) in [6.07, 6.45) is 0. The van der Waals surface area contributed by atoms with E-state index in [2.05, 4.69) is 5.32 Å². The Hall–Kier alpha value is -1.87. The third-order valence-electron chi connectivity index (χ3n) is 2.83. The molecule has 1 aliphatic rings. The van der Waals surface area contributed by atoms with Crippen LogP contribution in [0, 0.1) is 0 Å². The van der Waals surface area contributed by atoms with Crippen LogP contribution < -0.4 is 11.1 Å². The summed E-state index contributed by atoms with van der Waals surface area (Å²) in [6.45, 7) is 0. The van der Waals surface area contributed by atoms with Crippen molar-refractivity contribution in [1.29, 1.82) is 0 Å². The number of nitrogens with one attached hydrogen (secondary N) is 1. The average molecular weight is 198 g/mol. The standard InChI is InChI=1S/C12H10N2O/c13-10-9-6-5-7-3-1-2-4-8(7)11(9)14-12(10)15/h1-6,10H,13H2,(H,14,15). The fourth-order valence-electron chi connectivity index (χ4n) is 2.03. The van der Waals surface area contributed by atoms with Gasteiger partial charge in [-0.15, -0.1) is 0 Å². The van der Waals surface area contributed by atoms with Crippen LogP contribution in [0.25, 0.3) is 10.8 Å². The average Bonchev–Trinajstić information content (AvgIpc) is 2.56.